The van der Waals surface area contributed by atoms with Crippen molar-refractivity contribution in [3.05, 3.63) is 85.6 Å². The Morgan fingerprint density at radius 2 is 1.97 bits per heavy atom. The van der Waals surface area contributed by atoms with E-state index in [1.54, 1.807) is 13.8 Å². The smallest absolute Gasteiger partial charge is 0.338 e. The molecule has 1 aromatic heterocycles. The molecule has 2 N–H and O–H groups in total. The molecule has 0 saturated heterocycles. The summed E-state index contributed by atoms with van der Waals surface area (Å²) < 4.78 is 11.3. The van der Waals surface area contributed by atoms with Crippen LogP contribution in [0.3, 0.4) is 0 Å². The Morgan fingerprint density at radius 1 is 1.26 bits per heavy atom. The molecule has 2 heterocycles. The highest BCUT2D eigenvalue weighted by molar-refractivity contribution is 7.99. The van der Waals surface area contributed by atoms with Crippen molar-refractivity contribution in [3.63, 3.8) is 0 Å². The first kappa shape index (κ1) is 26.7. The van der Waals surface area contributed by atoms with E-state index >= 15 is 0 Å². The molecule has 1 unspecified atom stereocenters. The van der Waals surface area contributed by atoms with Gasteiger partial charge in [0, 0.05) is 17.8 Å². The molecule has 0 spiro atoms. The Labute approximate surface area is 223 Å². The number of fused-ring (bicyclic) bond motifs is 1. The lowest BCUT2D eigenvalue weighted by molar-refractivity contribution is -0.384. The fourth-order valence-electron chi connectivity index (χ4n) is 4.49. The molecule has 1 aliphatic carbocycles. The molecule has 0 saturated carbocycles. The Balaban J connectivity index is 1.77. The number of thioether (sulfide) groups is 1. The Hall–Kier alpha value is -4.35. The molecular formula is C27H25N5O5S. The third-order valence-corrected chi connectivity index (χ3v) is 7.21. The number of rotatable bonds is 7. The Morgan fingerprint density at radius 3 is 2.61 bits per heavy atom. The van der Waals surface area contributed by atoms with Crippen LogP contribution in [-0.2, 0) is 27.1 Å². The van der Waals surface area contributed by atoms with Gasteiger partial charge in [0.25, 0.3) is 5.69 Å². The third-order valence-electron chi connectivity index (χ3n) is 6.22. The Bertz CT molecular complexity index is 1430. The van der Waals surface area contributed by atoms with Crippen molar-refractivity contribution in [1.82, 2.24) is 4.98 Å². The van der Waals surface area contributed by atoms with Gasteiger partial charge >= 0.3 is 5.97 Å². The van der Waals surface area contributed by atoms with Crippen LogP contribution in [0.15, 0.2) is 58.1 Å². The minimum Gasteiger partial charge on any atom is -0.459 e. The molecule has 38 heavy (non-hydrogen) atoms. The lowest BCUT2D eigenvalue weighted by Gasteiger charge is -2.28. The number of benzene rings is 1. The normalized spacial score (nSPS) is 16.8. The van der Waals surface area contributed by atoms with Crippen molar-refractivity contribution in [2.75, 3.05) is 5.75 Å². The topological polar surface area (TPSA) is 165 Å². The van der Waals surface area contributed by atoms with Gasteiger partial charge in [-0.1, -0.05) is 23.9 Å². The lowest BCUT2D eigenvalue weighted by Crippen LogP contribution is -2.28. The molecule has 0 bridgehead atoms. The molecule has 10 nitrogen and oxygen atoms in total. The second kappa shape index (κ2) is 11.4. The number of aromatic nitrogens is 1. The highest BCUT2D eigenvalue weighted by Crippen LogP contribution is 2.42. The largest absolute Gasteiger partial charge is 0.459 e. The predicted octanol–water partition coefficient (Wildman–Crippen LogP) is 4.55. The molecule has 1 aromatic carbocycles. The van der Waals surface area contributed by atoms with E-state index in [1.807, 2.05) is 12.1 Å². The van der Waals surface area contributed by atoms with E-state index in [2.05, 4.69) is 6.07 Å². The maximum atomic E-state index is 13.4. The second-order valence-corrected chi connectivity index (χ2v) is 10.1. The number of esters is 1. The van der Waals surface area contributed by atoms with Crippen LogP contribution in [0.4, 0.5) is 5.69 Å². The summed E-state index contributed by atoms with van der Waals surface area (Å²) in [6.45, 7) is 3.40. The molecule has 2 aliphatic rings. The third kappa shape index (κ3) is 5.48. The zero-order valence-corrected chi connectivity index (χ0v) is 21.7. The molecule has 0 amide bonds. The summed E-state index contributed by atoms with van der Waals surface area (Å²) in [5.41, 5.74) is 8.98. The molecule has 194 valence electrons. The molecule has 2 aromatic rings. The number of hydrogen-bond donors (Lipinski definition) is 1. The standard InChI is InChI=1S/C27H25N5O5S/c1-15(2)36-27(33)24-22(14-38-26-18(12-28)11-17-5-3-4-6-21(17)31-26)37-25(30)20(13-29)23(24)16-7-9-19(10-8-16)32(34)35/h7-11,15,23H,3-6,14,30H2,1-2H3. The van der Waals surface area contributed by atoms with E-state index < -0.39 is 22.9 Å². The van der Waals surface area contributed by atoms with Gasteiger partial charge in [0.1, 0.15) is 28.5 Å². The fourth-order valence-corrected chi connectivity index (χ4v) is 5.40. The summed E-state index contributed by atoms with van der Waals surface area (Å²) in [7, 11) is 0. The van der Waals surface area contributed by atoms with Gasteiger partial charge in [-0.15, -0.1) is 0 Å². The van der Waals surface area contributed by atoms with E-state index in [0.29, 0.717) is 16.2 Å². The summed E-state index contributed by atoms with van der Waals surface area (Å²) in [5.74, 6) is -1.57. The molecule has 0 radical (unpaired) electrons. The SMILES string of the molecule is CC(C)OC(=O)C1=C(CSc2nc3c(cc2C#N)CCCC3)OC(N)=C(C#N)C1c1ccc([N+](=O)[O-])cc1. The fraction of sp³-hybridized carbons (Fsp3) is 0.333. The van der Waals surface area contributed by atoms with Gasteiger partial charge in [-0.2, -0.15) is 10.5 Å². The average Bonchev–Trinajstić information content (AvgIpc) is 2.90. The predicted molar refractivity (Wildman–Crippen MR) is 138 cm³/mol. The van der Waals surface area contributed by atoms with E-state index in [4.69, 9.17) is 20.2 Å². The number of nitro groups is 1. The van der Waals surface area contributed by atoms with E-state index in [9.17, 15) is 25.4 Å². The summed E-state index contributed by atoms with van der Waals surface area (Å²) in [5, 5.41) is 31.3. The number of carbonyl (C=O) groups excluding carboxylic acids is 1. The van der Waals surface area contributed by atoms with Crippen LogP contribution in [0, 0.1) is 32.8 Å². The molecule has 4 rings (SSSR count). The van der Waals surface area contributed by atoms with Crippen LogP contribution in [0.1, 0.15) is 55.0 Å². The Kier molecular flexibility index (Phi) is 7.99. The molecular weight excluding hydrogens is 506 g/mol. The minimum atomic E-state index is -0.955. The number of allylic oxidation sites excluding steroid dienone is 1. The number of hydrogen-bond acceptors (Lipinski definition) is 10. The van der Waals surface area contributed by atoms with Crippen LogP contribution in [-0.4, -0.2) is 27.7 Å². The monoisotopic (exact) mass is 531 g/mol. The van der Waals surface area contributed by atoms with Crippen molar-refractivity contribution in [2.45, 2.75) is 56.6 Å². The van der Waals surface area contributed by atoms with Crippen molar-refractivity contribution >= 4 is 23.4 Å². The summed E-state index contributed by atoms with van der Waals surface area (Å²) in [6, 6.07) is 11.6. The number of aryl methyl sites for hydroxylation is 2. The van der Waals surface area contributed by atoms with Gasteiger partial charge < -0.3 is 15.2 Å². The van der Waals surface area contributed by atoms with Crippen molar-refractivity contribution in [1.29, 1.82) is 10.5 Å². The van der Waals surface area contributed by atoms with Crippen LogP contribution in [0.5, 0.6) is 0 Å². The highest BCUT2D eigenvalue weighted by atomic mass is 32.2. The quantitative estimate of drug-likeness (QED) is 0.232. The van der Waals surface area contributed by atoms with Gasteiger partial charge in [-0.05, 0) is 56.7 Å². The van der Waals surface area contributed by atoms with Gasteiger partial charge in [0.2, 0.25) is 5.88 Å². The summed E-state index contributed by atoms with van der Waals surface area (Å²) >= 11 is 1.23. The first-order valence-electron chi connectivity index (χ1n) is 12.0. The first-order valence-corrected chi connectivity index (χ1v) is 13.0. The zero-order valence-electron chi connectivity index (χ0n) is 20.9. The van der Waals surface area contributed by atoms with Gasteiger partial charge in [0.15, 0.2) is 0 Å². The van der Waals surface area contributed by atoms with Crippen molar-refractivity contribution < 1.29 is 19.2 Å². The number of pyridine rings is 1. The van der Waals surface area contributed by atoms with Crippen LogP contribution in [0.2, 0.25) is 0 Å². The zero-order chi connectivity index (χ0) is 27.4. The van der Waals surface area contributed by atoms with E-state index in [0.717, 1.165) is 36.9 Å². The highest BCUT2D eigenvalue weighted by Gasteiger charge is 2.38. The second-order valence-electron chi connectivity index (χ2n) is 9.12. The number of nitriles is 2. The number of nitro benzene ring substituents is 1. The number of ether oxygens (including phenoxy) is 2. The maximum absolute atomic E-state index is 13.4. The van der Waals surface area contributed by atoms with Crippen LogP contribution < -0.4 is 5.73 Å². The van der Waals surface area contributed by atoms with Gasteiger partial charge in [-0.3, -0.25) is 10.1 Å². The van der Waals surface area contributed by atoms with Crippen LogP contribution >= 0.6 is 11.8 Å². The number of carbonyl (C=O) groups is 1. The summed E-state index contributed by atoms with van der Waals surface area (Å²) in [6.07, 6.45) is 3.36. The minimum absolute atomic E-state index is 0.00655. The molecule has 1 aliphatic heterocycles. The molecule has 0 fully saturated rings. The summed E-state index contributed by atoms with van der Waals surface area (Å²) in [4.78, 5) is 28.7. The average molecular weight is 532 g/mol. The number of nitrogens with two attached hydrogens (primary N) is 1. The first-order chi connectivity index (χ1) is 18.2. The van der Waals surface area contributed by atoms with E-state index in [1.165, 1.54) is 36.0 Å². The van der Waals surface area contributed by atoms with Gasteiger partial charge in [-0.25, -0.2) is 9.78 Å². The van der Waals surface area contributed by atoms with Crippen molar-refractivity contribution in [2.24, 2.45) is 5.73 Å². The maximum Gasteiger partial charge on any atom is 0.338 e. The van der Waals surface area contributed by atoms with E-state index in [-0.39, 0.29) is 34.2 Å². The molecule has 11 heteroatoms. The van der Waals surface area contributed by atoms with Gasteiger partial charge in [0.05, 0.1) is 33.8 Å². The molecule has 1 atom stereocenters. The number of nitrogens with zero attached hydrogens (tertiary/aromatic N) is 4. The van der Waals surface area contributed by atoms with Crippen molar-refractivity contribution in [3.8, 4) is 12.1 Å². The van der Waals surface area contributed by atoms with Crippen LogP contribution in [0.25, 0.3) is 0 Å². The number of non-ortho nitro benzene ring substituents is 1. The lowest BCUT2D eigenvalue weighted by atomic mass is 9.83.